The van der Waals surface area contributed by atoms with Gasteiger partial charge < -0.3 is 5.32 Å². The zero-order chi connectivity index (χ0) is 20.6. The lowest BCUT2D eigenvalue weighted by atomic mass is 10.2. The first-order chi connectivity index (χ1) is 12.3. The molecule has 2 rings (SSSR count). The van der Waals surface area contributed by atoms with Crippen LogP contribution in [0.2, 0.25) is 0 Å². The number of anilines is 1. The molecule has 1 aromatic heterocycles. The molecule has 2 N–H and O–H groups in total. The molecule has 0 aliphatic carbocycles. The first-order valence-corrected chi connectivity index (χ1v) is 10.6. The quantitative estimate of drug-likeness (QED) is 0.674. The van der Waals surface area contributed by atoms with E-state index in [1.165, 1.54) is 19.9 Å². The standard InChI is InChI=1S/C16H18F3N2O3PS2/c1-8-11(15(22)20-10-4-5-12(17)13(18)6-10)7-14(26-8)27(23,24)21-9(2)16(3,19)25/h4-7,9,21H,25H2,1-3H3,(H,20,22)/t9-,16?/m1/s1. The fraction of sp³-hybridized carbons (Fsp3) is 0.312. The van der Waals surface area contributed by atoms with Crippen molar-refractivity contribution < 1.29 is 26.4 Å². The van der Waals surface area contributed by atoms with Gasteiger partial charge in [-0.1, -0.05) is 9.24 Å². The lowest BCUT2D eigenvalue weighted by molar-refractivity contribution is 0.102. The Bertz CT molecular complexity index is 972. The van der Waals surface area contributed by atoms with Gasteiger partial charge in [-0.05, 0) is 39.0 Å². The second kappa shape index (κ2) is 7.87. The van der Waals surface area contributed by atoms with Gasteiger partial charge in [0.2, 0.25) is 10.0 Å². The average Bonchev–Trinajstić information content (AvgIpc) is 2.92. The highest BCUT2D eigenvalue weighted by atomic mass is 32.2. The number of sulfonamides is 1. The summed E-state index contributed by atoms with van der Waals surface area (Å²) in [6.07, 6.45) is 0. The van der Waals surface area contributed by atoms with Crippen LogP contribution in [0.1, 0.15) is 29.1 Å². The molecule has 148 valence electrons. The van der Waals surface area contributed by atoms with Gasteiger partial charge in [0.05, 0.1) is 11.6 Å². The van der Waals surface area contributed by atoms with Crippen molar-refractivity contribution in [3.8, 4) is 0 Å². The van der Waals surface area contributed by atoms with Gasteiger partial charge in [0.15, 0.2) is 11.6 Å². The molecule has 2 unspecified atom stereocenters. The summed E-state index contributed by atoms with van der Waals surface area (Å²) < 4.78 is 67.0. The topological polar surface area (TPSA) is 75.3 Å². The number of benzene rings is 1. The average molecular weight is 438 g/mol. The van der Waals surface area contributed by atoms with Crippen LogP contribution in [0.4, 0.5) is 18.9 Å². The van der Waals surface area contributed by atoms with Crippen LogP contribution >= 0.6 is 20.6 Å². The number of amides is 1. The number of thiophene rings is 1. The molecule has 0 saturated carbocycles. The van der Waals surface area contributed by atoms with Crippen LogP contribution in [0.3, 0.4) is 0 Å². The Kier molecular flexibility index (Phi) is 6.36. The SMILES string of the molecule is Cc1sc(S(=O)(=O)N[C@H](C)C(C)(F)P)cc1C(=O)Nc1ccc(F)c(F)c1. The van der Waals surface area contributed by atoms with Crippen LogP contribution in [0.15, 0.2) is 28.5 Å². The number of carbonyl (C=O) groups excluding carboxylic acids is 1. The van der Waals surface area contributed by atoms with E-state index >= 15 is 0 Å². The Balaban J connectivity index is 2.24. The van der Waals surface area contributed by atoms with Crippen molar-refractivity contribution in [1.82, 2.24) is 4.72 Å². The maximum atomic E-state index is 13.9. The Morgan fingerprint density at radius 3 is 2.44 bits per heavy atom. The van der Waals surface area contributed by atoms with Gasteiger partial charge in [0.25, 0.3) is 5.91 Å². The molecule has 0 fully saturated rings. The Morgan fingerprint density at radius 2 is 1.89 bits per heavy atom. The molecule has 0 saturated heterocycles. The minimum absolute atomic E-state index is 0.0249. The lowest BCUT2D eigenvalue weighted by Gasteiger charge is -2.23. The second-order valence-electron chi connectivity index (χ2n) is 6.11. The third-order valence-electron chi connectivity index (χ3n) is 3.76. The molecule has 11 heteroatoms. The first-order valence-electron chi connectivity index (χ1n) is 7.68. The Labute approximate surface area is 161 Å². The fourth-order valence-corrected chi connectivity index (χ4v) is 4.98. The summed E-state index contributed by atoms with van der Waals surface area (Å²) in [4.78, 5) is 12.8. The van der Waals surface area contributed by atoms with E-state index in [0.29, 0.717) is 4.88 Å². The van der Waals surface area contributed by atoms with Crippen LogP contribution in [0.25, 0.3) is 0 Å². The molecule has 1 amide bonds. The molecule has 0 aliphatic heterocycles. The summed E-state index contributed by atoms with van der Waals surface area (Å²) in [6.45, 7) is 4.13. The number of hydrogen-bond donors (Lipinski definition) is 2. The molecule has 1 heterocycles. The fourth-order valence-electron chi connectivity index (χ4n) is 1.99. The van der Waals surface area contributed by atoms with E-state index in [1.807, 2.05) is 9.24 Å². The molecule has 3 atom stereocenters. The minimum Gasteiger partial charge on any atom is -0.322 e. The summed E-state index contributed by atoms with van der Waals surface area (Å²) in [6, 6.07) is 3.00. The number of alkyl halides is 1. The predicted octanol–water partition coefficient (Wildman–Crippen LogP) is 3.81. The summed E-state index contributed by atoms with van der Waals surface area (Å²) in [7, 11) is -2.12. The van der Waals surface area contributed by atoms with Crippen molar-refractivity contribution in [1.29, 1.82) is 0 Å². The molecule has 5 nitrogen and oxygen atoms in total. The van der Waals surface area contributed by atoms with E-state index in [0.717, 1.165) is 29.5 Å². The summed E-state index contributed by atoms with van der Waals surface area (Å²) in [5.41, 5.74) is 0.0866. The number of nitrogens with one attached hydrogen (secondary N) is 2. The summed E-state index contributed by atoms with van der Waals surface area (Å²) >= 11 is 0.844. The van der Waals surface area contributed by atoms with E-state index in [2.05, 4.69) is 10.0 Å². The van der Waals surface area contributed by atoms with Gasteiger partial charge >= 0.3 is 0 Å². The van der Waals surface area contributed by atoms with Crippen LogP contribution in [0.5, 0.6) is 0 Å². The molecule has 0 spiro atoms. The van der Waals surface area contributed by atoms with Crippen molar-refractivity contribution >= 4 is 42.2 Å². The van der Waals surface area contributed by atoms with Crippen molar-refractivity contribution in [2.75, 3.05) is 5.32 Å². The zero-order valence-corrected chi connectivity index (χ0v) is 17.4. The summed E-state index contributed by atoms with van der Waals surface area (Å²) in [5, 5.41) is 0.524. The van der Waals surface area contributed by atoms with Crippen LogP contribution in [-0.2, 0) is 10.0 Å². The molecule has 1 aromatic carbocycles. The van der Waals surface area contributed by atoms with Gasteiger partial charge in [-0.3, -0.25) is 4.79 Å². The third kappa shape index (κ3) is 5.28. The van der Waals surface area contributed by atoms with Gasteiger partial charge in [-0.2, -0.15) is 0 Å². The molecule has 0 bridgehead atoms. The van der Waals surface area contributed by atoms with Crippen molar-refractivity contribution in [3.63, 3.8) is 0 Å². The van der Waals surface area contributed by atoms with Gasteiger partial charge in [0, 0.05) is 16.6 Å². The molecule has 0 radical (unpaired) electrons. The van der Waals surface area contributed by atoms with Crippen molar-refractivity contribution in [2.45, 2.75) is 36.4 Å². The van der Waals surface area contributed by atoms with Crippen LogP contribution in [0, 0.1) is 18.6 Å². The first kappa shape index (κ1) is 21.8. The predicted molar refractivity (Wildman–Crippen MR) is 102 cm³/mol. The third-order valence-corrected chi connectivity index (χ3v) is 7.33. The highest BCUT2D eigenvalue weighted by molar-refractivity contribution is 7.91. The normalized spacial score (nSPS) is 15.2. The van der Waals surface area contributed by atoms with Gasteiger partial charge in [-0.25, -0.2) is 26.3 Å². The maximum Gasteiger partial charge on any atom is 0.256 e. The molecular formula is C16H18F3N2O3PS2. The maximum absolute atomic E-state index is 13.9. The van der Waals surface area contributed by atoms with Gasteiger partial charge in [0.1, 0.15) is 9.62 Å². The number of halogens is 3. The number of carbonyl (C=O) groups is 1. The Hall–Kier alpha value is -1.48. The largest absolute Gasteiger partial charge is 0.322 e. The van der Waals surface area contributed by atoms with E-state index in [1.54, 1.807) is 6.92 Å². The van der Waals surface area contributed by atoms with E-state index < -0.39 is 39.0 Å². The van der Waals surface area contributed by atoms with Crippen LogP contribution in [-0.4, -0.2) is 25.8 Å². The highest BCUT2D eigenvalue weighted by Crippen LogP contribution is 2.29. The van der Waals surface area contributed by atoms with E-state index in [-0.39, 0.29) is 15.5 Å². The van der Waals surface area contributed by atoms with E-state index in [9.17, 15) is 26.4 Å². The molecular weight excluding hydrogens is 420 g/mol. The smallest absolute Gasteiger partial charge is 0.256 e. The number of rotatable bonds is 6. The zero-order valence-electron chi connectivity index (χ0n) is 14.6. The van der Waals surface area contributed by atoms with Gasteiger partial charge in [-0.15, -0.1) is 11.3 Å². The molecule has 0 aliphatic rings. The molecule has 27 heavy (non-hydrogen) atoms. The second-order valence-corrected chi connectivity index (χ2v) is 10.4. The van der Waals surface area contributed by atoms with Crippen molar-refractivity contribution in [2.24, 2.45) is 0 Å². The minimum atomic E-state index is -4.04. The molecule has 2 aromatic rings. The monoisotopic (exact) mass is 438 g/mol. The number of hydrogen-bond acceptors (Lipinski definition) is 4. The lowest BCUT2D eigenvalue weighted by Crippen LogP contribution is -2.42. The number of aryl methyl sites for hydroxylation is 1. The van der Waals surface area contributed by atoms with E-state index in [4.69, 9.17) is 0 Å². The van der Waals surface area contributed by atoms with Crippen LogP contribution < -0.4 is 10.0 Å². The highest BCUT2D eigenvalue weighted by Gasteiger charge is 2.31. The Morgan fingerprint density at radius 1 is 1.26 bits per heavy atom. The summed E-state index contributed by atoms with van der Waals surface area (Å²) in [5.74, 6) is -2.85. The van der Waals surface area contributed by atoms with Crippen molar-refractivity contribution in [3.05, 3.63) is 46.3 Å².